The molecule has 0 atom stereocenters. The third kappa shape index (κ3) is 5.02. The van der Waals surface area contributed by atoms with Crippen molar-refractivity contribution >= 4 is 28.7 Å². The molecule has 3 nitrogen and oxygen atoms in total. The van der Waals surface area contributed by atoms with Gasteiger partial charge in [0.15, 0.2) is 5.11 Å². The van der Waals surface area contributed by atoms with E-state index >= 15 is 0 Å². The van der Waals surface area contributed by atoms with Gasteiger partial charge in [0.1, 0.15) is 0 Å². The van der Waals surface area contributed by atoms with Crippen molar-refractivity contribution in [2.45, 2.75) is 19.3 Å². The van der Waals surface area contributed by atoms with Gasteiger partial charge < -0.3 is 15.4 Å². The van der Waals surface area contributed by atoms with E-state index in [4.69, 9.17) is 17.0 Å². The molecular weight excluding hydrogens is 252 g/mol. The molecule has 0 radical (unpaired) electrons. The second kappa shape index (κ2) is 6.93. The highest BCUT2D eigenvalue weighted by Crippen LogP contribution is 2.26. The molecule has 96 valence electrons. The summed E-state index contributed by atoms with van der Waals surface area (Å²) in [6.45, 7) is 6.65. The van der Waals surface area contributed by atoms with E-state index in [1.807, 2.05) is 0 Å². The number of thiocarbonyl (C=S) groups is 1. The van der Waals surface area contributed by atoms with Crippen LogP contribution in [0.2, 0.25) is 0 Å². The number of hydrogen-bond donors (Lipinski definition) is 2. The third-order valence-electron chi connectivity index (χ3n) is 2.47. The van der Waals surface area contributed by atoms with Crippen molar-refractivity contribution < 1.29 is 4.74 Å². The van der Waals surface area contributed by atoms with Crippen LogP contribution in [0.4, 0.5) is 0 Å². The van der Waals surface area contributed by atoms with Crippen LogP contribution >= 0.6 is 23.6 Å². The Labute approximate surface area is 113 Å². The SMILES string of the molecule is COCCNC(=S)NCC(C)(C)c1cccs1. The van der Waals surface area contributed by atoms with Crippen LogP contribution in [0.25, 0.3) is 0 Å². The summed E-state index contributed by atoms with van der Waals surface area (Å²) < 4.78 is 4.95. The molecule has 1 aromatic heterocycles. The second-order valence-corrected chi connectivity index (χ2v) is 5.82. The van der Waals surface area contributed by atoms with Gasteiger partial charge in [0.05, 0.1) is 6.61 Å². The Kier molecular flexibility index (Phi) is 5.88. The molecule has 0 unspecified atom stereocenters. The van der Waals surface area contributed by atoms with Gasteiger partial charge in [0.25, 0.3) is 0 Å². The fourth-order valence-electron chi connectivity index (χ4n) is 1.38. The van der Waals surface area contributed by atoms with Crippen molar-refractivity contribution in [3.8, 4) is 0 Å². The maximum Gasteiger partial charge on any atom is 0.166 e. The lowest BCUT2D eigenvalue weighted by Gasteiger charge is -2.24. The molecule has 0 fully saturated rings. The second-order valence-electron chi connectivity index (χ2n) is 4.46. The largest absolute Gasteiger partial charge is 0.383 e. The molecule has 0 bridgehead atoms. The topological polar surface area (TPSA) is 33.3 Å². The number of thiophene rings is 1. The van der Waals surface area contributed by atoms with E-state index in [0.29, 0.717) is 11.7 Å². The van der Waals surface area contributed by atoms with E-state index in [2.05, 4.69) is 42.0 Å². The summed E-state index contributed by atoms with van der Waals surface area (Å²) >= 11 is 6.97. The molecule has 17 heavy (non-hydrogen) atoms. The highest BCUT2D eigenvalue weighted by Gasteiger charge is 2.21. The highest BCUT2D eigenvalue weighted by molar-refractivity contribution is 7.80. The number of ether oxygens (including phenoxy) is 1. The lowest BCUT2D eigenvalue weighted by Crippen LogP contribution is -2.42. The van der Waals surface area contributed by atoms with E-state index < -0.39 is 0 Å². The van der Waals surface area contributed by atoms with Crippen LogP contribution in [0.3, 0.4) is 0 Å². The Balaban J connectivity index is 2.32. The molecule has 5 heteroatoms. The first-order chi connectivity index (χ1) is 8.06. The van der Waals surface area contributed by atoms with Crippen LogP contribution in [0, 0.1) is 0 Å². The average Bonchev–Trinajstić information content (AvgIpc) is 2.81. The van der Waals surface area contributed by atoms with Crippen molar-refractivity contribution in [2.24, 2.45) is 0 Å². The number of nitrogens with one attached hydrogen (secondary N) is 2. The Morgan fingerprint density at radius 2 is 2.24 bits per heavy atom. The monoisotopic (exact) mass is 272 g/mol. The fraction of sp³-hybridized carbons (Fsp3) is 0.583. The van der Waals surface area contributed by atoms with Gasteiger partial charge in [-0.2, -0.15) is 0 Å². The van der Waals surface area contributed by atoms with Crippen molar-refractivity contribution in [3.05, 3.63) is 22.4 Å². The molecule has 1 rings (SSSR count). The zero-order valence-electron chi connectivity index (χ0n) is 10.6. The molecule has 2 N–H and O–H groups in total. The molecule has 0 amide bonds. The smallest absolute Gasteiger partial charge is 0.166 e. The summed E-state index contributed by atoms with van der Waals surface area (Å²) in [6, 6.07) is 4.24. The molecule has 0 saturated carbocycles. The quantitative estimate of drug-likeness (QED) is 0.614. The molecule has 0 aliphatic carbocycles. The van der Waals surface area contributed by atoms with Gasteiger partial charge >= 0.3 is 0 Å². The molecule has 1 heterocycles. The minimum Gasteiger partial charge on any atom is -0.383 e. The van der Waals surface area contributed by atoms with Crippen LogP contribution in [-0.2, 0) is 10.2 Å². The predicted molar refractivity (Wildman–Crippen MR) is 77.8 cm³/mol. The molecule has 0 spiro atoms. The van der Waals surface area contributed by atoms with Gasteiger partial charge in [0.2, 0.25) is 0 Å². The van der Waals surface area contributed by atoms with Gasteiger partial charge in [-0.05, 0) is 23.7 Å². The lowest BCUT2D eigenvalue weighted by atomic mass is 9.91. The first kappa shape index (κ1) is 14.4. The maximum atomic E-state index is 5.19. The third-order valence-corrected chi connectivity index (χ3v) is 4.00. The fourth-order valence-corrected chi connectivity index (χ4v) is 2.41. The standard InChI is InChI=1S/C12H20N2OS2/c1-12(2,10-5-4-8-17-10)9-14-11(16)13-6-7-15-3/h4-5,8H,6-7,9H2,1-3H3,(H2,13,14,16). The average molecular weight is 272 g/mol. The van der Waals surface area contributed by atoms with Crippen molar-refractivity contribution in [3.63, 3.8) is 0 Å². The summed E-state index contributed by atoms with van der Waals surface area (Å²) in [5.74, 6) is 0. The van der Waals surface area contributed by atoms with E-state index in [1.165, 1.54) is 4.88 Å². The molecule has 0 aliphatic heterocycles. The maximum absolute atomic E-state index is 5.19. The van der Waals surface area contributed by atoms with Crippen molar-refractivity contribution in [2.75, 3.05) is 26.8 Å². The Morgan fingerprint density at radius 1 is 1.47 bits per heavy atom. The van der Waals surface area contributed by atoms with Crippen LogP contribution in [-0.4, -0.2) is 31.9 Å². The van der Waals surface area contributed by atoms with Crippen LogP contribution < -0.4 is 10.6 Å². The minimum absolute atomic E-state index is 0.0984. The zero-order valence-corrected chi connectivity index (χ0v) is 12.2. The first-order valence-electron chi connectivity index (χ1n) is 5.61. The molecule has 0 aliphatic rings. The van der Waals surface area contributed by atoms with Crippen LogP contribution in [0.5, 0.6) is 0 Å². The summed E-state index contributed by atoms with van der Waals surface area (Å²) in [5, 5.41) is 9.13. The number of hydrogen-bond acceptors (Lipinski definition) is 3. The first-order valence-corrected chi connectivity index (χ1v) is 6.89. The van der Waals surface area contributed by atoms with Crippen LogP contribution in [0.1, 0.15) is 18.7 Å². The molecular formula is C12H20N2OS2. The van der Waals surface area contributed by atoms with Crippen LogP contribution in [0.15, 0.2) is 17.5 Å². The molecule has 0 aromatic carbocycles. The molecule has 1 aromatic rings. The summed E-state index contributed by atoms with van der Waals surface area (Å²) in [6.07, 6.45) is 0. The van der Waals surface area contributed by atoms with E-state index in [-0.39, 0.29) is 5.41 Å². The van der Waals surface area contributed by atoms with E-state index in [9.17, 15) is 0 Å². The van der Waals surface area contributed by atoms with Gasteiger partial charge in [-0.25, -0.2) is 0 Å². The Bertz CT molecular complexity index is 336. The van der Waals surface area contributed by atoms with Gasteiger partial charge in [-0.3, -0.25) is 0 Å². The number of methoxy groups -OCH3 is 1. The zero-order chi connectivity index (χ0) is 12.7. The van der Waals surface area contributed by atoms with Crippen molar-refractivity contribution in [1.29, 1.82) is 0 Å². The van der Waals surface area contributed by atoms with Gasteiger partial charge in [0, 0.05) is 30.5 Å². The normalized spacial score (nSPS) is 11.2. The lowest BCUT2D eigenvalue weighted by molar-refractivity contribution is 0.204. The summed E-state index contributed by atoms with van der Waals surface area (Å²) in [7, 11) is 1.68. The summed E-state index contributed by atoms with van der Waals surface area (Å²) in [5.41, 5.74) is 0.0984. The minimum atomic E-state index is 0.0984. The van der Waals surface area contributed by atoms with Gasteiger partial charge in [-0.1, -0.05) is 19.9 Å². The molecule has 0 saturated heterocycles. The van der Waals surface area contributed by atoms with Gasteiger partial charge in [-0.15, -0.1) is 11.3 Å². The van der Waals surface area contributed by atoms with E-state index in [0.717, 1.165) is 13.1 Å². The van der Waals surface area contributed by atoms with E-state index in [1.54, 1.807) is 18.4 Å². The Hall–Kier alpha value is -0.650. The predicted octanol–water partition coefficient (Wildman–Crippen LogP) is 2.14. The number of rotatable bonds is 6. The summed E-state index contributed by atoms with van der Waals surface area (Å²) in [4.78, 5) is 1.37. The highest BCUT2D eigenvalue weighted by atomic mass is 32.1. The van der Waals surface area contributed by atoms with Crippen molar-refractivity contribution in [1.82, 2.24) is 10.6 Å². The Morgan fingerprint density at radius 3 is 2.82 bits per heavy atom.